The summed E-state index contributed by atoms with van der Waals surface area (Å²) in [6, 6.07) is 0. The van der Waals surface area contributed by atoms with Gasteiger partial charge in [0, 0.05) is 20.3 Å². The van der Waals surface area contributed by atoms with E-state index in [0.29, 0.717) is 21.7 Å². The smallest absolute Gasteiger partial charge is 0.203 e. The third-order valence-electron chi connectivity index (χ3n) is 1.89. The van der Waals surface area contributed by atoms with Crippen LogP contribution in [0.4, 0.5) is 0 Å². The Balaban J connectivity index is 1.82. The van der Waals surface area contributed by atoms with E-state index < -0.39 is 13.9 Å². The number of aromatic nitrogens is 3. The van der Waals surface area contributed by atoms with Crippen molar-refractivity contribution >= 4 is 36.9 Å². The first-order valence-electron chi connectivity index (χ1n) is 4.69. The van der Waals surface area contributed by atoms with Crippen LogP contribution in [0.3, 0.4) is 0 Å². The summed E-state index contributed by atoms with van der Waals surface area (Å²) in [6.07, 6.45) is -0.0106. The SMILES string of the molecule is CC1(C)OCC(COp2npn(Cl)[pH][nH]2)O1. The number of hydrogen-bond acceptors (Lipinski definition) is 4. The third-order valence-corrected chi connectivity index (χ3v) is 5.78. The second-order valence-electron chi connectivity index (χ2n) is 3.68. The van der Waals surface area contributed by atoms with E-state index in [1.165, 1.54) is 0 Å². The van der Waals surface area contributed by atoms with Crippen LogP contribution in [0.15, 0.2) is 0 Å². The van der Waals surface area contributed by atoms with Gasteiger partial charge in [-0.2, -0.15) is 8.12 Å². The molecule has 0 aliphatic carbocycles. The van der Waals surface area contributed by atoms with Crippen LogP contribution >= 0.6 is 36.9 Å². The van der Waals surface area contributed by atoms with E-state index in [0.717, 1.165) is 8.51 Å². The van der Waals surface area contributed by atoms with Crippen LogP contribution in [0.2, 0.25) is 0 Å². The van der Waals surface area contributed by atoms with E-state index in [4.69, 9.17) is 25.8 Å². The molecule has 1 N–H and O–H groups in total. The quantitative estimate of drug-likeness (QED) is 0.932. The second-order valence-corrected chi connectivity index (χ2v) is 8.58. The van der Waals surface area contributed by atoms with Crippen LogP contribution in [0.25, 0.3) is 0 Å². The summed E-state index contributed by atoms with van der Waals surface area (Å²) >= 11 is 5.73. The molecule has 10 heteroatoms. The Kier molecular flexibility index (Phi) is 4.37. The molecule has 1 aliphatic heterocycles. The van der Waals surface area contributed by atoms with Gasteiger partial charge in [-0.05, 0) is 13.8 Å². The Morgan fingerprint density at radius 3 is 3.19 bits per heavy atom. The van der Waals surface area contributed by atoms with Crippen LogP contribution in [-0.2, 0) is 9.47 Å². The topological polar surface area (TPSA) is 61.3 Å². The number of hydrogen-bond donors (Lipinski definition) is 1. The predicted octanol–water partition coefficient (Wildman–Crippen LogP) is 2.52. The normalized spacial score (nSPS) is 25.7. The van der Waals surface area contributed by atoms with E-state index in [1.807, 2.05) is 13.8 Å². The fraction of sp³-hybridized carbons (Fsp3) is 1.00. The zero-order valence-corrected chi connectivity index (χ0v) is 12.4. The molecule has 16 heavy (non-hydrogen) atoms. The molecule has 92 valence electrons. The monoisotopic (exact) mass is 303 g/mol. The van der Waals surface area contributed by atoms with Gasteiger partial charge in [0.1, 0.15) is 6.10 Å². The molecule has 0 spiro atoms. The molecule has 0 amide bonds. The molecule has 1 saturated heterocycles. The maximum Gasteiger partial charge on any atom is 0.203 e. The Morgan fingerprint density at radius 1 is 1.81 bits per heavy atom. The summed E-state index contributed by atoms with van der Waals surface area (Å²) in [5, 5.41) is 0. The van der Waals surface area contributed by atoms with Crippen molar-refractivity contribution in [1.82, 2.24) is 12.6 Å². The van der Waals surface area contributed by atoms with Gasteiger partial charge in [-0.3, -0.25) is 4.51 Å². The van der Waals surface area contributed by atoms with Gasteiger partial charge in [0.2, 0.25) is 8.08 Å². The van der Waals surface area contributed by atoms with Gasteiger partial charge in [0.05, 0.1) is 13.2 Å². The summed E-state index contributed by atoms with van der Waals surface area (Å²) in [6.45, 7) is 4.85. The predicted molar refractivity (Wildman–Crippen MR) is 66.5 cm³/mol. The molecule has 6 nitrogen and oxygen atoms in total. The molecule has 1 aliphatic rings. The molecule has 1 aromatic heterocycles. The molecule has 3 atom stereocenters. The van der Waals surface area contributed by atoms with Crippen molar-refractivity contribution in [3.8, 4) is 0 Å². The number of halogens is 1. The van der Waals surface area contributed by atoms with Crippen molar-refractivity contribution < 1.29 is 14.0 Å². The van der Waals surface area contributed by atoms with Crippen molar-refractivity contribution in [3.63, 3.8) is 0 Å². The van der Waals surface area contributed by atoms with E-state index in [2.05, 4.69) is 9.02 Å². The fourth-order valence-electron chi connectivity index (χ4n) is 1.26. The lowest BCUT2D eigenvalue weighted by atomic mass is 10.4. The van der Waals surface area contributed by atoms with Gasteiger partial charge in [0.15, 0.2) is 14.3 Å². The highest BCUT2D eigenvalue weighted by molar-refractivity contribution is 7.51. The first kappa shape index (κ1) is 12.9. The number of ether oxygens (including phenoxy) is 2. The molecule has 1 aromatic rings. The van der Waals surface area contributed by atoms with Crippen molar-refractivity contribution in [1.29, 1.82) is 0 Å². The first-order valence-corrected chi connectivity index (χ1v) is 7.98. The lowest BCUT2D eigenvalue weighted by Gasteiger charge is -2.16. The minimum absolute atomic E-state index is 0.0106. The average molecular weight is 304 g/mol. The Hall–Kier alpha value is 0.470. The Morgan fingerprint density at radius 2 is 2.62 bits per heavy atom. The van der Waals surface area contributed by atoms with Crippen LogP contribution < -0.4 is 4.52 Å². The van der Waals surface area contributed by atoms with E-state index in [-0.39, 0.29) is 6.10 Å². The summed E-state index contributed by atoms with van der Waals surface area (Å²) in [5.41, 5.74) is 0. The molecule has 0 aromatic carbocycles. The third kappa shape index (κ3) is 3.75. The van der Waals surface area contributed by atoms with Gasteiger partial charge >= 0.3 is 0 Å². The Bertz CT molecular complexity index is 366. The van der Waals surface area contributed by atoms with Gasteiger partial charge < -0.3 is 14.0 Å². The summed E-state index contributed by atoms with van der Waals surface area (Å²) in [5.74, 6) is -0.495. The fourth-order valence-corrected chi connectivity index (χ4v) is 5.41. The largest absolute Gasteiger partial charge is 0.348 e. The van der Waals surface area contributed by atoms with Gasteiger partial charge in [-0.25, -0.2) is 0 Å². The highest BCUT2D eigenvalue weighted by Crippen LogP contribution is 2.26. The van der Waals surface area contributed by atoms with Crippen LogP contribution in [0.5, 0.6) is 0 Å². The molecule has 2 rings (SSSR count). The molecular weight excluding hydrogens is 290 g/mol. The molecule has 3 unspecified atom stereocenters. The second kappa shape index (κ2) is 5.41. The zero-order valence-electron chi connectivity index (χ0n) is 8.88. The highest BCUT2D eigenvalue weighted by atomic mass is 35.5. The maximum atomic E-state index is 5.73. The average Bonchev–Trinajstić information content (AvgIpc) is 2.58. The lowest BCUT2D eigenvalue weighted by Crippen LogP contribution is -2.24. The molecule has 0 radical (unpaired) electrons. The lowest BCUT2D eigenvalue weighted by molar-refractivity contribution is -0.140. The number of aromatic amines is 1. The summed E-state index contributed by atoms with van der Waals surface area (Å²) in [4.78, 5) is 0. The van der Waals surface area contributed by atoms with Crippen LogP contribution in [-0.4, -0.2) is 37.7 Å². The minimum Gasteiger partial charge on any atom is -0.348 e. The van der Waals surface area contributed by atoms with Crippen molar-refractivity contribution in [3.05, 3.63) is 0 Å². The molecule has 2 heterocycles. The first-order chi connectivity index (χ1) is 7.55. The molecule has 0 bridgehead atoms. The zero-order chi connectivity index (χ0) is 11.6. The summed E-state index contributed by atoms with van der Waals surface area (Å²) in [7, 11) is 0.149. The van der Waals surface area contributed by atoms with E-state index >= 15 is 0 Å². The Labute approximate surface area is 103 Å². The van der Waals surface area contributed by atoms with Gasteiger partial charge in [-0.1, -0.05) is 0 Å². The molecule has 1 fully saturated rings. The molecule has 0 saturated carbocycles. The van der Waals surface area contributed by atoms with Crippen molar-refractivity contribution in [2.75, 3.05) is 13.2 Å². The van der Waals surface area contributed by atoms with Crippen LogP contribution in [0, 0.1) is 0 Å². The standard InChI is InChI=1S/C6H13ClN3O3P3/c1-6(2)11-3-5(13-6)4-12-16-8-14-10(7)15-9-16/h5,8,14H,3-4H2,1-2H3. The maximum absolute atomic E-state index is 5.73. The molecular formula is C6H13ClN3O3P3. The van der Waals surface area contributed by atoms with Crippen molar-refractivity contribution in [2.45, 2.75) is 25.7 Å². The van der Waals surface area contributed by atoms with Gasteiger partial charge in [0.25, 0.3) is 0 Å². The van der Waals surface area contributed by atoms with E-state index in [1.54, 1.807) is 3.61 Å². The highest BCUT2D eigenvalue weighted by Gasteiger charge is 2.32. The van der Waals surface area contributed by atoms with Gasteiger partial charge in [-0.15, -0.1) is 0 Å². The minimum atomic E-state index is -0.932. The number of nitrogens with zero attached hydrogens (tertiary/aromatic N) is 2. The van der Waals surface area contributed by atoms with Crippen molar-refractivity contribution in [2.24, 2.45) is 0 Å². The number of H-pyrrole nitrogens is 1. The summed E-state index contributed by atoms with van der Waals surface area (Å²) < 4.78 is 25.5. The number of nitrogens with one attached hydrogen (secondary N) is 1. The van der Waals surface area contributed by atoms with Crippen LogP contribution in [0.1, 0.15) is 13.8 Å². The number of rotatable bonds is 3. The van der Waals surface area contributed by atoms with E-state index in [9.17, 15) is 0 Å².